The molecule has 1 aliphatic rings. The molecule has 1 amide bonds. The third-order valence-electron chi connectivity index (χ3n) is 5.02. The van der Waals surface area contributed by atoms with E-state index >= 15 is 0 Å². The van der Waals surface area contributed by atoms with Gasteiger partial charge in [0.2, 0.25) is 0 Å². The van der Waals surface area contributed by atoms with Crippen LogP contribution in [0.15, 0.2) is 29.3 Å². The van der Waals surface area contributed by atoms with Gasteiger partial charge in [0.15, 0.2) is 5.96 Å². The van der Waals surface area contributed by atoms with Crippen molar-refractivity contribution in [1.29, 1.82) is 0 Å². The van der Waals surface area contributed by atoms with Crippen LogP contribution >= 0.6 is 24.0 Å². The van der Waals surface area contributed by atoms with Gasteiger partial charge in [-0.15, -0.1) is 24.0 Å². The number of morpholine rings is 1. The first-order valence-electron chi connectivity index (χ1n) is 10.7. The molecule has 0 spiro atoms. The number of amides is 1. The number of benzene rings is 1. The van der Waals surface area contributed by atoms with Crippen molar-refractivity contribution in [1.82, 2.24) is 20.9 Å². The first-order chi connectivity index (χ1) is 14.0. The molecule has 1 fully saturated rings. The number of carbonyl (C=O) groups is 1. The van der Waals surface area contributed by atoms with Crippen molar-refractivity contribution >= 4 is 35.8 Å². The summed E-state index contributed by atoms with van der Waals surface area (Å²) >= 11 is 0. The fourth-order valence-corrected chi connectivity index (χ4v) is 3.48. The Hall–Kier alpha value is -1.39. The molecule has 7 nitrogen and oxygen atoms in total. The van der Waals surface area contributed by atoms with E-state index in [1.807, 2.05) is 24.3 Å². The Bertz CT molecular complexity index is 645. The second kappa shape index (κ2) is 14.6. The van der Waals surface area contributed by atoms with Crippen LogP contribution < -0.4 is 16.0 Å². The molecule has 1 atom stereocenters. The van der Waals surface area contributed by atoms with Gasteiger partial charge in [0.1, 0.15) is 0 Å². The minimum atomic E-state index is -0.0747. The van der Waals surface area contributed by atoms with E-state index in [1.54, 1.807) is 7.05 Å². The lowest BCUT2D eigenvalue weighted by molar-refractivity contribution is 0.0132. The molecule has 1 unspecified atom stereocenters. The lowest BCUT2D eigenvalue weighted by Crippen LogP contribution is -2.51. The molecule has 2 rings (SSSR count). The average Bonchev–Trinajstić information content (AvgIpc) is 2.74. The summed E-state index contributed by atoms with van der Waals surface area (Å²) in [6.07, 6.45) is 1.15. The summed E-state index contributed by atoms with van der Waals surface area (Å²) in [5.41, 5.74) is 1.73. The summed E-state index contributed by atoms with van der Waals surface area (Å²) in [5.74, 6) is 1.39. The Morgan fingerprint density at radius 3 is 2.40 bits per heavy atom. The van der Waals surface area contributed by atoms with Crippen LogP contribution in [0.25, 0.3) is 0 Å². The predicted molar refractivity (Wildman–Crippen MR) is 134 cm³/mol. The van der Waals surface area contributed by atoms with Crippen molar-refractivity contribution in [3.8, 4) is 0 Å². The van der Waals surface area contributed by atoms with E-state index in [0.717, 1.165) is 57.3 Å². The molecule has 1 aliphatic heterocycles. The van der Waals surface area contributed by atoms with Gasteiger partial charge in [-0.2, -0.15) is 0 Å². The molecule has 1 saturated heterocycles. The van der Waals surface area contributed by atoms with Crippen LogP contribution in [-0.4, -0.2) is 69.2 Å². The largest absolute Gasteiger partial charge is 0.379 e. The van der Waals surface area contributed by atoms with E-state index < -0.39 is 0 Å². The smallest absolute Gasteiger partial charge is 0.251 e. The van der Waals surface area contributed by atoms with Crippen molar-refractivity contribution in [3.63, 3.8) is 0 Å². The molecule has 0 aromatic heterocycles. The number of rotatable bonds is 9. The topological polar surface area (TPSA) is 78.0 Å². The molecule has 1 heterocycles. The molecule has 1 aromatic rings. The Morgan fingerprint density at radius 1 is 1.17 bits per heavy atom. The van der Waals surface area contributed by atoms with E-state index in [0.29, 0.717) is 24.1 Å². The normalized spacial score (nSPS) is 16.0. The maximum atomic E-state index is 11.7. The number of hydrogen-bond donors (Lipinski definition) is 3. The number of nitrogens with one attached hydrogen (secondary N) is 3. The van der Waals surface area contributed by atoms with Crippen molar-refractivity contribution in [2.75, 3.05) is 46.4 Å². The zero-order chi connectivity index (χ0) is 21.1. The Balaban J connectivity index is 0.00000450. The Kier molecular flexibility index (Phi) is 13.0. The molecule has 0 radical (unpaired) electrons. The van der Waals surface area contributed by atoms with E-state index in [4.69, 9.17) is 9.73 Å². The summed E-state index contributed by atoms with van der Waals surface area (Å²) in [5, 5.41) is 9.50. The summed E-state index contributed by atoms with van der Waals surface area (Å²) in [6, 6.07) is 8.04. The van der Waals surface area contributed by atoms with Gasteiger partial charge in [-0.1, -0.05) is 26.0 Å². The lowest BCUT2D eigenvalue weighted by Gasteiger charge is -2.35. The third-order valence-corrected chi connectivity index (χ3v) is 5.02. The van der Waals surface area contributed by atoms with Crippen LogP contribution in [0.4, 0.5) is 0 Å². The van der Waals surface area contributed by atoms with Crippen molar-refractivity contribution in [3.05, 3.63) is 35.4 Å². The molecule has 0 bridgehead atoms. The highest BCUT2D eigenvalue weighted by Crippen LogP contribution is 2.13. The quantitative estimate of drug-likeness (QED) is 0.259. The Labute approximate surface area is 198 Å². The summed E-state index contributed by atoms with van der Waals surface area (Å²) in [7, 11) is 1.64. The number of hydrogen-bond acceptors (Lipinski definition) is 4. The van der Waals surface area contributed by atoms with Gasteiger partial charge in [0, 0.05) is 44.8 Å². The summed E-state index contributed by atoms with van der Waals surface area (Å²) < 4.78 is 5.51. The number of ether oxygens (including phenoxy) is 1. The maximum absolute atomic E-state index is 11.7. The molecular weight excluding hydrogens is 493 g/mol. The first-order valence-corrected chi connectivity index (χ1v) is 10.7. The molecule has 170 valence electrons. The van der Waals surface area contributed by atoms with Crippen molar-refractivity contribution in [2.24, 2.45) is 10.9 Å². The minimum Gasteiger partial charge on any atom is -0.379 e. The summed E-state index contributed by atoms with van der Waals surface area (Å²) in [4.78, 5) is 18.9. The van der Waals surface area contributed by atoms with Crippen molar-refractivity contribution < 1.29 is 9.53 Å². The van der Waals surface area contributed by atoms with E-state index in [9.17, 15) is 4.79 Å². The van der Waals surface area contributed by atoms with Crippen LogP contribution in [-0.2, 0) is 11.3 Å². The standard InChI is InChI=1S/C22H37N5O2.HI/c1-5-24-22(25-15-18-6-8-19(9-7-18)21(28)23-4)26-16-20(14-17(2)3)27-10-12-29-13-11-27;/h6-9,17,20H,5,10-16H2,1-4H3,(H,23,28)(H2,24,25,26);1H. The van der Waals surface area contributed by atoms with Crippen molar-refractivity contribution in [2.45, 2.75) is 39.8 Å². The van der Waals surface area contributed by atoms with Gasteiger partial charge < -0.3 is 20.7 Å². The highest BCUT2D eigenvalue weighted by Gasteiger charge is 2.22. The molecule has 1 aromatic carbocycles. The van der Waals surface area contributed by atoms with Gasteiger partial charge in [-0.3, -0.25) is 9.69 Å². The SMILES string of the molecule is CCNC(=NCc1ccc(C(=O)NC)cc1)NCC(CC(C)C)N1CCOCC1.I. The molecule has 8 heteroatoms. The minimum absolute atomic E-state index is 0. The van der Waals surface area contributed by atoms with E-state index in [2.05, 4.69) is 41.6 Å². The Morgan fingerprint density at radius 2 is 1.83 bits per heavy atom. The zero-order valence-electron chi connectivity index (χ0n) is 18.7. The van der Waals surface area contributed by atoms with Gasteiger partial charge in [-0.05, 0) is 37.0 Å². The molecule has 0 saturated carbocycles. The molecule has 3 N–H and O–H groups in total. The van der Waals surface area contributed by atoms with Gasteiger partial charge in [0.25, 0.3) is 5.91 Å². The molecule has 0 aliphatic carbocycles. The van der Waals surface area contributed by atoms with E-state index in [-0.39, 0.29) is 29.9 Å². The number of guanidine groups is 1. The van der Waals surface area contributed by atoms with Gasteiger partial charge >= 0.3 is 0 Å². The third kappa shape index (κ3) is 9.18. The second-order valence-corrected chi connectivity index (χ2v) is 7.78. The number of nitrogens with zero attached hydrogens (tertiary/aromatic N) is 2. The maximum Gasteiger partial charge on any atom is 0.251 e. The average molecular weight is 531 g/mol. The van der Waals surface area contributed by atoms with Crippen LogP contribution in [0.2, 0.25) is 0 Å². The highest BCUT2D eigenvalue weighted by molar-refractivity contribution is 14.0. The van der Waals surface area contributed by atoms with Crippen LogP contribution in [0.1, 0.15) is 43.1 Å². The fourth-order valence-electron chi connectivity index (χ4n) is 3.48. The summed E-state index contributed by atoms with van der Waals surface area (Å²) in [6.45, 7) is 12.5. The van der Waals surface area contributed by atoms with Crippen LogP contribution in [0.5, 0.6) is 0 Å². The molecular formula is C22H38IN5O2. The lowest BCUT2D eigenvalue weighted by atomic mass is 10.0. The monoisotopic (exact) mass is 531 g/mol. The predicted octanol–water partition coefficient (Wildman–Crippen LogP) is 2.47. The van der Waals surface area contributed by atoms with Crippen LogP contribution in [0, 0.1) is 5.92 Å². The zero-order valence-corrected chi connectivity index (χ0v) is 21.1. The van der Waals surface area contributed by atoms with Gasteiger partial charge in [-0.25, -0.2) is 4.99 Å². The second-order valence-electron chi connectivity index (χ2n) is 7.78. The highest BCUT2D eigenvalue weighted by atomic mass is 127. The molecule has 30 heavy (non-hydrogen) atoms. The number of aliphatic imine (C=N–C) groups is 1. The fraction of sp³-hybridized carbons (Fsp3) is 0.636. The number of halogens is 1. The van der Waals surface area contributed by atoms with Crippen LogP contribution in [0.3, 0.4) is 0 Å². The first kappa shape index (κ1) is 26.6. The number of carbonyl (C=O) groups excluding carboxylic acids is 1. The van der Waals surface area contributed by atoms with Gasteiger partial charge in [0.05, 0.1) is 19.8 Å². The van der Waals surface area contributed by atoms with E-state index in [1.165, 1.54) is 0 Å².